The molecule has 1 aliphatic carbocycles. The largest absolute Gasteiger partial charge is 0.461 e. The number of ether oxygens (including phenoxy) is 6. The second-order valence-corrected chi connectivity index (χ2v) is 21.9. The van der Waals surface area contributed by atoms with Crippen molar-refractivity contribution in [3.8, 4) is 0 Å². The molecule has 0 spiro atoms. The average Bonchev–Trinajstić information content (AvgIpc) is 3.37. The van der Waals surface area contributed by atoms with E-state index >= 15 is 0 Å². The molecule has 0 radical (unpaired) electrons. The minimum Gasteiger partial charge on any atom is -0.461 e. The van der Waals surface area contributed by atoms with E-state index in [9.17, 15) is 49.2 Å². The van der Waals surface area contributed by atoms with Gasteiger partial charge in [0.2, 0.25) is 5.79 Å². The number of rotatable bonds is 10. The molecule has 4 aliphatic rings. The maximum absolute atomic E-state index is 14.3. The molecule has 412 valence electrons. The molecular weight excluding hydrogens is 943 g/mol. The summed E-state index contributed by atoms with van der Waals surface area (Å²) >= 11 is 0. The molecule has 1 amide bonds. The van der Waals surface area contributed by atoms with E-state index in [1.165, 1.54) is 26.0 Å². The molecule has 15 atom stereocenters. The summed E-state index contributed by atoms with van der Waals surface area (Å²) in [4.78, 5) is 84.6. The number of fused-ring (bicyclic) bond motifs is 4. The summed E-state index contributed by atoms with van der Waals surface area (Å²) in [7, 11) is 4.45. The van der Waals surface area contributed by atoms with Gasteiger partial charge in [-0.1, -0.05) is 71.1 Å². The van der Waals surface area contributed by atoms with E-state index < -0.39 is 120 Å². The number of aliphatic hydroxyl groups is 4. The van der Waals surface area contributed by atoms with Crippen LogP contribution in [0.2, 0.25) is 0 Å². The van der Waals surface area contributed by atoms with Crippen molar-refractivity contribution < 1.29 is 77.6 Å². The predicted molar refractivity (Wildman–Crippen MR) is 271 cm³/mol. The summed E-state index contributed by atoms with van der Waals surface area (Å²) in [6.07, 6.45) is 9.75. The molecule has 3 fully saturated rings. The number of methoxy groups -OCH3 is 3. The van der Waals surface area contributed by atoms with Gasteiger partial charge in [0.05, 0.1) is 43.5 Å². The summed E-state index contributed by atoms with van der Waals surface area (Å²) in [5.41, 5.74) is -0.318. The molecule has 73 heavy (non-hydrogen) atoms. The zero-order valence-corrected chi connectivity index (χ0v) is 45.3. The van der Waals surface area contributed by atoms with Crippen molar-refractivity contribution in [1.82, 2.24) is 4.90 Å². The Labute approximate surface area is 433 Å². The van der Waals surface area contributed by atoms with Gasteiger partial charge in [0.25, 0.3) is 11.7 Å². The van der Waals surface area contributed by atoms with Gasteiger partial charge in [0.1, 0.15) is 23.7 Å². The lowest BCUT2D eigenvalue weighted by Gasteiger charge is -2.42. The van der Waals surface area contributed by atoms with Crippen molar-refractivity contribution in [2.45, 2.75) is 175 Å². The number of allylic oxidation sites excluding steroid dienone is 6. The minimum absolute atomic E-state index is 0.00435. The third-order valence-corrected chi connectivity index (χ3v) is 15.9. The first-order chi connectivity index (χ1) is 34.5. The van der Waals surface area contributed by atoms with Crippen LogP contribution in [0.25, 0.3) is 0 Å². The zero-order valence-electron chi connectivity index (χ0n) is 45.3. The molecule has 0 aromatic rings. The van der Waals surface area contributed by atoms with Gasteiger partial charge in [0, 0.05) is 65.0 Å². The van der Waals surface area contributed by atoms with Crippen LogP contribution in [0.1, 0.15) is 126 Å². The molecule has 4 rings (SSSR count). The second-order valence-electron chi connectivity index (χ2n) is 21.9. The molecule has 2 saturated heterocycles. The maximum atomic E-state index is 14.3. The lowest BCUT2D eigenvalue weighted by atomic mass is 9.78. The maximum Gasteiger partial charge on any atom is 0.316 e. The Hall–Kier alpha value is -3.94. The van der Waals surface area contributed by atoms with Crippen molar-refractivity contribution in [3.05, 3.63) is 47.6 Å². The van der Waals surface area contributed by atoms with Crippen molar-refractivity contribution in [2.75, 3.05) is 47.6 Å². The SMILES string of the molecule is CO[C@H]1C[C@@H]2CC[C@@H](C)[C@@](O)(O2)C(=O)C(=O)N2CCCC(C2)C(=O)O[C@H]([C@H](C)C[C@@H]2CC[C@@H](OC(=O)C(C)(CO)CO)[C@H](OC)C2)CC(=O)/C(C)=C/C(C)[C@@H](O)[C@@H](OC)C(=O)[C@H](C)C[C@H](C)C=CC=CC=C1C. The molecule has 4 N–H and O–H groups in total. The van der Waals surface area contributed by atoms with E-state index in [1.807, 2.05) is 51.2 Å². The molecule has 3 aliphatic heterocycles. The zero-order chi connectivity index (χ0) is 54.4. The monoisotopic (exact) mass is 1030 g/mol. The van der Waals surface area contributed by atoms with Crippen LogP contribution in [0.4, 0.5) is 0 Å². The number of hydrogen-bond donors (Lipinski definition) is 4. The lowest BCUT2D eigenvalue weighted by Crippen LogP contribution is -2.59. The van der Waals surface area contributed by atoms with Crippen LogP contribution in [0.3, 0.4) is 0 Å². The normalized spacial score (nSPS) is 35.8. The number of carbonyl (C=O) groups is 6. The predicted octanol–water partition coefficient (Wildman–Crippen LogP) is 5.58. The van der Waals surface area contributed by atoms with Gasteiger partial charge in [-0.25, -0.2) is 0 Å². The number of nitrogens with zero attached hydrogens (tertiary/aromatic N) is 1. The Morgan fingerprint density at radius 1 is 0.890 bits per heavy atom. The highest BCUT2D eigenvalue weighted by Crippen LogP contribution is 2.38. The van der Waals surface area contributed by atoms with Gasteiger partial charge in [-0.2, -0.15) is 0 Å². The van der Waals surface area contributed by atoms with Gasteiger partial charge in [0.15, 0.2) is 11.6 Å². The Kier molecular flexibility index (Phi) is 23.9. The molecule has 0 aromatic heterocycles. The van der Waals surface area contributed by atoms with Crippen molar-refractivity contribution in [1.29, 1.82) is 0 Å². The molecule has 17 nitrogen and oxygen atoms in total. The van der Waals surface area contributed by atoms with Crippen molar-refractivity contribution in [2.24, 2.45) is 46.8 Å². The fraction of sp³-hybridized carbons (Fsp3) is 0.750. The van der Waals surface area contributed by atoms with Crippen LogP contribution in [-0.4, -0.2) is 157 Å². The highest BCUT2D eigenvalue weighted by Gasteiger charge is 2.52. The number of esters is 2. The average molecular weight is 1030 g/mol. The Balaban J connectivity index is 1.65. The number of Topliss-reactive ketones (excluding diaryl/α,β-unsaturated/α-hetero) is 3. The van der Waals surface area contributed by atoms with Gasteiger partial charge in [-0.15, -0.1) is 0 Å². The van der Waals surface area contributed by atoms with E-state index in [1.54, 1.807) is 40.9 Å². The second kappa shape index (κ2) is 28.3. The fourth-order valence-electron chi connectivity index (χ4n) is 10.7. The highest BCUT2D eigenvalue weighted by molar-refractivity contribution is 6.38. The van der Waals surface area contributed by atoms with Crippen LogP contribution in [-0.2, 0) is 57.2 Å². The number of aliphatic hydroxyl groups excluding tert-OH is 3. The van der Waals surface area contributed by atoms with Crippen LogP contribution >= 0.6 is 0 Å². The van der Waals surface area contributed by atoms with Gasteiger partial charge in [-0.3, -0.25) is 28.8 Å². The molecular formula is C56H87NO16. The van der Waals surface area contributed by atoms with E-state index in [2.05, 4.69) is 0 Å². The van der Waals surface area contributed by atoms with Gasteiger partial charge >= 0.3 is 11.9 Å². The Morgan fingerprint density at radius 3 is 2.23 bits per heavy atom. The number of piperidine rings is 1. The smallest absolute Gasteiger partial charge is 0.316 e. The molecule has 3 heterocycles. The van der Waals surface area contributed by atoms with Gasteiger partial charge in [-0.05, 0) is 107 Å². The highest BCUT2D eigenvalue weighted by atomic mass is 16.6. The molecule has 1 saturated carbocycles. The Bertz CT molecular complexity index is 2010. The summed E-state index contributed by atoms with van der Waals surface area (Å²) in [5.74, 6) is -9.59. The molecule has 4 bridgehead atoms. The molecule has 2 unspecified atom stereocenters. The minimum atomic E-state index is -2.40. The first kappa shape index (κ1) is 61.6. The van der Waals surface area contributed by atoms with Crippen molar-refractivity contribution >= 4 is 35.2 Å². The van der Waals surface area contributed by atoms with E-state index in [4.69, 9.17) is 28.4 Å². The summed E-state index contributed by atoms with van der Waals surface area (Å²) in [6.45, 7) is 12.8. The van der Waals surface area contributed by atoms with Crippen LogP contribution in [0, 0.1) is 46.8 Å². The van der Waals surface area contributed by atoms with Crippen LogP contribution < -0.4 is 0 Å². The summed E-state index contributed by atoms with van der Waals surface area (Å²) < 4.78 is 35.4. The number of cyclic esters (lactones) is 1. The third kappa shape index (κ3) is 16.3. The fourth-order valence-corrected chi connectivity index (χ4v) is 10.7. The number of ketones is 3. The van der Waals surface area contributed by atoms with Crippen molar-refractivity contribution in [3.63, 3.8) is 0 Å². The third-order valence-electron chi connectivity index (χ3n) is 15.9. The summed E-state index contributed by atoms with van der Waals surface area (Å²) in [5, 5.41) is 42.9. The quantitative estimate of drug-likeness (QED) is 0.154. The number of hydrogen-bond acceptors (Lipinski definition) is 16. The molecule has 0 aromatic carbocycles. The summed E-state index contributed by atoms with van der Waals surface area (Å²) in [6, 6.07) is 0. The topological polar surface area (TPSA) is 242 Å². The first-order valence-electron chi connectivity index (χ1n) is 26.4. The van der Waals surface area contributed by atoms with E-state index in [0.717, 1.165) is 5.57 Å². The van der Waals surface area contributed by atoms with E-state index in [0.29, 0.717) is 64.2 Å². The number of carbonyl (C=O) groups excluding carboxylic acids is 6. The lowest BCUT2D eigenvalue weighted by molar-refractivity contribution is -0.265. The van der Waals surface area contributed by atoms with Crippen LogP contribution in [0.15, 0.2) is 47.6 Å². The molecule has 17 heteroatoms. The Morgan fingerprint density at radius 2 is 1.59 bits per heavy atom. The van der Waals surface area contributed by atoms with Gasteiger partial charge < -0.3 is 53.7 Å². The van der Waals surface area contributed by atoms with E-state index in [-0.39, 0.29) is 48.5 Å². The standard InChI is InChI=1S/C56H87NO16/c1-33-16-13-12-14-17-34(2)45(68-9)28-42-21-19-39(7)56(67,73-42)51(63)52(64)57-23-15-18-41(30-57)53(65)71-46(29-43(60)35(3)25-38(6)49(62)50(70-11)48(61)37(5)24-33)36(4)26-40-20-22-44(47(27-40)69-10)72-54(66)55(8,31-58)32-59/h12-14,16-17,25,33,36-42,44-47,49-50,58-59,62,67H,15,18-24,26-32H2,1-11H3/b14-12?,16-13?,34-17?,35-25+/t33-,36-,37-,38?,39-,40+,41?,42+,44-,45+,46+,47-,49-,50+,56-/m1/s1. The van der Waals surface area contributed by atoms with Crippen LogP contribution in [0.5, 0.6) is 0 Å². The first-order valence-corrected chi connectivity index (χ1v) is 26.4. The number of amides is 1.